The van der Waals surface area contributed by atoms with E-state index in [1.54, 1.807) is 31.4 Å². The number of hydrogen-bond donors (Lipinski definition) is 2. The Morgan fingerprint density at radius 2 is 1.64 bits per heavy atom. The lowest BCUT2D eigenvalue weighted by Gasteiger charge is -2.36. The quantitative estimate of drug-likeness (QED) is 0.763. The number of benzene rings is 2. The molecule has 0 bridgehead atoms. The van der Waals surface area contributed by atoms with Gasteiger partial charge in [0.2, 0.25) is 5.91 Å². The maximum absolute atomic E-state index is 13.3. The first-order chi connectivity index (χ1) is 13.5. The van der Waals surface area contributed by atoms with Crippen LogP contribution in [-0.2, 0) is 19.7 Å². The Kier molecular flexibility index (Phi) is 6.16. The number of hydrogen-bond acceptors (Lipinski definition) is 5. The zero-order valence-electron chi connectivity index (χ0n) is 15.8. The van der Waals surface area contributed by atoms with Crippen LogP contribution in [0.3, 0.4) is 0 Å². The molecule has 2 amide bonds. The number of anilines is 1. The van der Waals surface area contributed by atoms with Gasteiger partial charge in [0, 0.05) is 18.9 Å². The van der Waals surface area contributed by atoms with E-state index in [1.807, 2.05) is 24.3 Å². The molecule has 1 aliphatic rings. The van der Waals surface area contributed by atoms with Gasteiger partial charge in [-0.15, -0.1) is 0 Å². The minimum Gasteiger partial charge on any atom is -0.497 e. The first-order valence-electron chi connectivity index (χ1n) is 9.08. The van der Waals surface area contributed by atoms with Gasteiger partial charge >= 0.3 is 0 Å². The van der Waals surface area contributed by atoms with Crippen molar-refractivity contribution >= 4 is 17.5 Å². The second-order valence-electron chi connectivity index (χ2n) is 6.66. The molecule has 0 atom stereocenters. The molecule has 28 heavy (non-hydrogen) atoms. The van der Waals surface area contributed by atoms with Crippen molar-refractivity contribution in [2.45, 2.75) is 18.3 Å². The molecule has 1 aliphatic heterocycles. The summed E-state index contributed by atoms with van der Waals surface area (Å²) in [5, 5.41) is 3.00. The summed E-state index contributed by atoms with van der Waals surface area (Å²) in [6.07, 6.45) is 1.20. The molecule has 7 heteroatoms. The molecule has 0 saturated carbocycles. The van der Waals surface area contributed by atoms with E-state index < -0.39 is 11.3 Å². The Balaban J connectivity index is 1.77. The van der Waals surface area contributed by atoms with Gasteiger partial charge in [0.15, 0.2) is 6.61 Å². The SMILES string of the molecule is COc1ccc(C2(C(=O)Nc3ccc(OCC(N)=O)cc3)CCOCC2)cc1. The first-order valence-corrected chi connectivity index (χ1v) is 9.08. The van der Waals surface area contributed by atoms with Gasteiger partial charge in [-0.05, 0) is 54.8 Å². The van der Waals surface area contributed by atoms with E-state index in [0.717, 1.165) is 11.3 Å². The third-order valence-corrected chi connectivity index (χ3v) is 4.92. The third-order valence-electron chi connectivity index (χ3n) is 4.92. The number of rotatable bonds is 7. The van der Waals surface area contributed by atoms with E-state index in [9.17, 15) is 9.59 Å². The lowest BCUT2D eigenvalue weighted by molar-refractivity contribution is -0.125. The van der Waals surface area contributed by atoms with Crippen LogP contribution in [0.2, 0.25) is 0 Å². The Hall–Kier alpha value is -3.06. The second kappa shape index (κ2) is 8.75. The van der Waals surface area contributed by atoms with Crippen LogP contribution in [0, 0.1) is 0 Å². The predicted octanol–water partition coefficient (Wildman–Crippen LogP) is 2.25. The van der Waals surface area contributed by atoms with Crippen LogP contribution in [0.1, 0.15) is 18.4 Å². The zero-order valence-corrected chi connectivity index (χ0v) is 15.8. The summed E-state index contributed by atoms with van der Waals surface area (Å²) >= 11 is 0. The fourth-order valence-electron chi connectivity index (χ4n) is 3.32. The fraction of sp³-hybridized carbons (Fsp3) is 0.333. The summed E-state index contributed by atoms with van der Waals surface area (Å²) in [5.74, 6) is 0.635. The van der Waals surface area contributed by atoms with E-state index in [-0.39, 0.29) is 12.5 Å². The van der Waals surface area contributed by atoms with Crippen LogP contribution in [0.4, 0.5) is 5.69 Å². The van der Waals surface area contributed by atoms with Crippen LogP contribution in [-0.4, -0.2) is 38.7 Å². The van der Waals surface area contributed by atoms with E-state index in [1.165, 1.54) is 0 Å². The van der Waals surface area contributed by atoms with E-state index >= 15 is 0 Å². The zero-order chi connectivity index (χ0) is 20.0. The standard InChI is InChI=1S/C21H24N2O5/c1-26-17-6-2-15(3-7-17)21(10-12-27-13-11-21)20(25)23-16-4-8-18(9-5-16)28-14-19(22)24/h2-9H,10-14H2,1H3,(H2,22,24)(H,23,25). The Bertz CT molecular complexity index is 812. The van der Waals surface area contributed by atoms with Crippen LogP contribution in [0.5, 0.6) is 11.5 Å². The first kappa shape index (κ1) is 19.7. The van der Waals surface area contributed by atoms with Gasteiger partial charge in [-0.2, -0.15) is 0 Å². The van der Waals surface area contributed by atoms with Crippen molar-refractivity contribution in [3.8, 4) is 11.5 Å². The molecule has 0 aromatic heterocycles. The van der Waals surface area contributed by atoms with Crippen LogP contribution >= 0.6 is 0 Å². The van der Waals surface area contributed by atoms with Crippen molar-refractivity contribution in [1.82, 2.24) is 0 Å². The van der Waals surface area contributed by atoms with Crippen molar-refractivity contribution in [1.29, 1.82) is 0 Å². The van der Waals surface area contributed by atoms with E-state index in [4.69, 9.17) is 19.9 Å². The van der Waals surface area contributed by atoms with Crippen molar-refractivity contribution in [2.24, 2.45) is 5.73 Å². The Morgan fingerprint density at radius 3 is 2.21 bits per heavy atom. The topological polar surface area (TPSA) is 99.9 Å². The highest BCUT2D eigenvalue weighted by Crippen LogP contribution is 2.37. The molecular formula is C21H24N2O5. The van der Waals surface area contributed by atoms with Gasteiger partial charge in [-0.3, -0.25) is 9.59 Å². The molecule has 1 fully saturated rings. The van der Waals surface area contributed by atoms with Crippen molar-refractivity contribution in [3.05, 3.63) is 54.1 Å². The molecule has 148 valence electrons. The van der Waals surface area contributed by atoms with Crippen molar-refractivity contribution in [3.63, 3.8) is 0 Å². The van der Waals surface area contributed by atoms with Gasteiger partial charge in [0.25, 0.3) is 5.91 Å². The van der Waals surface area contributed by atoms with Crippen molar-refractivity contribution in [2.75, 3.05) is 32.2 Å². The average molecular weight is 384 g/mol. The molecule has 3 rings (SSSR count). The molecule has 1 saturated heterocycles. The lowest BCUT2D eigenvalue weighted by atomic mass is 9.73. The second-order valence-corrected chi connectivity index (χ2v) is 6.66. The number of nitrogens with two attached hydrogens (primary N) is 1. The number of ether oxygens (including phenoxy) is 3. The smallest absolute Gasteiger partial charge is 0.255 e. The van der Waals surface area contributed by atoms with Crippen LogP contribution < -0.4 is 20.5 Å². The van der Waals surface area contributed by atoms with Gasteiger partial charge in [-0.1, -0.05) is 12.1 Å². The summed E-state index contributed by atoms with van der Waals surface area (Å²) < 4.78 is 16.0. The molecule has 7 nitrogen and oxygen atoms in total. The minimum absolute atomic E-state index is 0.0771. The van der Waals surface area contributed by atoms with Gasteiger partial charge in [0.1, 0.15) is 11.5 Å². The summed E-state index contributed by atoms with van der Waals surface area (Å²) in [7, 11) is 1.61. The highest BCUT2D eigenvalue weighted by molar-refractivity contribution is 5.99. The summed E-state index contributed by atoms with van der Waals surface area (Å²) in [5.41, 5.74) is 6.00. The van der Waals surface area contributed by atoms with Crippen LogP contribution in [0.15, 0.2) is 48.5 Å². The molecule has 0 radical (unpaired) electrons. The fourth-order valence-corrected chi connectivity index (χ4v) is 3.32. The maximum Gasteiger partial charge on any atom is 0.255 e. The van der Waals surface area contributed by atoms with Gasteiger partial charge < -0.3 is 25.3 Å². The summed E-state index contributed by atoms with van der Waals surface area (Å²) in [4.78, 5) is 24.0. The number of nitrogens with one attached hydrogen (secondary N) is 1. The number of amides is 2. The van der Waals surface area contributed by atoms with Crippen molar-refractivity contribution < 1.29 is 23.8 Å². The van der Waals surface area contributed by atoms with Crippen LogP contribution in [0.25, 0.3) is 0 Å². The predicted molar refractivity (Wildman–Crippen MR) is 104 cm³/mol. The molecule has 2 aromatic carbocycles. The Morgan fingerprint density at radius 1 is 1.04 bits per heavy atom. The number of carbonyl (C=O) groups excluding carboxylic acids is 2. The highest BCUT2D eigenvalue weighted by Gasteiger charge is 2.41. The van der Waals surface area contributed by atoms with Gasteiger partial charge in [-0.25, -0.2) is 0 Å². The molecule has 1 heterocycles. The molecule has 3 N–H and O–H groups in total. The number of carbonyl (C=O) groups is 2. The molecule has 0 unspecified atom stereocenters. The normalized spacial score (nSPS) is 15.5. The van der Waals surface area contributed by atoms with E-state index in [0.29, 0.717) is 37.5 Å². The molecule has 0 aliphatic carbocycles. The van der Waals surface area contributed by atoms with E-state index in [2.05, 4.69) is 5.32 Å². The molecule has 0 spiro atoms. The number of methoxy groups -OCH3 is 1. The minimum atomic E-state index is -0.661. The average Bonchev–Trinajstić information content (AvgIpc) is 2.73. The highest BCUT2D eigenvalue weighted by atomic mass is 16.5. The monoisotopic (exact) mass is 384 g/mol. The lowest BCUT2D eigenvalue weighted by Crippen LogP contribution is -2.44. The third kappa shape index (κ3) is 4.43. The summed E-state index contributed by atoms with van der Waals surface area (Å²) in [6, 6.07) is 14.4. The molecular weight excluding hydrogens is 360 g/mol. The largest absolute Gasteiger partial charge is 0.497 e. The maximum atomic E-state index is 13.3. The molecule has 2 aromatic rings. The Labute approximate surface area is 163 Å². The van der Waals surface area contributed by atoms with Gasteiger partial charge in [0.05, 0.1) is 12.5 Å². The summed E-state index contributed by atoms with van der Waals surface area (Å²) in [6.45, 7) is 0.866. The number of primary amides is 1.